The molecule has 2 unspecified atom stereocenters. The molecular formula is C17H24ClN5O2. The molecule has 136 valence electrons. The topological polar surface area (TPSA) is 97.2 Å². The SMILES string of the molecule is NC(=O)C1CCC(CN=C(N)N2CCN(c3ccc(Cl)cc3)CC2)O1. The lowest BCUT2D eigenvalue weighted by Crippen LogP contribution is -2.51. The minimum absolute atomic E-state index is 0.0774. The standard InChI is InChI=1S/C17H24ClN5O2/c18-12-1-3-13(4-2-12)22-7-9-23(10-8-22)17(20)21-11-14-5-6-15(25-14)16(19)24/h1-4,14-15H,5-11H2,(H2,19,24)(H2,20,21). The van der Waals surface area contributed by atoms with Crippen LogP contribution >= 0.6 is 11.6 Å². The number of rotatable bonds is 4. The molecule has 25 heavy (non-hydrogen) atoms. The van der Waals surface area contributed by atoms with Crippen LogP contribution in [0.2, 0.25) is 5.02 Å². The fourth-order valence-electron chi connectivity index (χ4n) is 3.19. The van der Waals surface area contributed by atoms with Gasteiger partial charge in [-0.05, 0) is 37.1 Å². The molecule has 2 aliphatic rings. The second kappa shape index (κ2) is 7.93. The third kappa shape index (κ3) is 4.55. The zero-order valence-electron chi connectivity index (χ0n) is 14.1. The maximum absolute atomic E-state index is 11.1. The van der Waals surface area contributed by atoms with E-state index in [0.29, 0.717) is 18.9 Å². The molecule has 0 radical (unpaired) electrons. The third-order valence-corrected chi connectivity index (χ3v) is 4.93. The first-order valence-corrected chi connectivity index (χ1v) is 8.91. The summed E-state index contributed by atoms with van der Waals surface area (Å²) in [5.41, 5.74) is 12.5. The van der Waals surface area contributed by atoms with Crippen molar-refractivity contribution in [3.63, 3.8) is 0 Å². The van der Waals surface area contributed by atoms with Gasteiger partial charge in [0.1, 0.15) is 6.10 Å². The molecule has 2 heterocycles. The molecule has 0 bridgehead atoms. The average molecular weight is 366 g/mol. The zero-order chi connectivity index (χ0) is 17.8. The Kier molecular flexibility index (Phi) is 5.65. The van der Waals surface area contributed by atoms with Crippen molar-refractivity contribution in [2.45, 2.75) is 25.0 Å². The number of piperazine rings is 1. The van der Waals surface area contributed by atoms with E-state index in [1.165, 1.54) is 0 Å². The van der Waals surface area contributed by atoms with E-state index in [1.54, 1.807) is 0 Å². The average Bonchev–Trinajstić information content (AvgIpc) is 3.10. The van der Waals surface area contributed by atoms with Gasteiger partial charge in [0.2, 0.25) is 5.91 Å². The molecule has 1 amide bonds. The van der Waals surface area contributed by atoms with E-state index in [4.69, 9.17) is 27.8 Å². The van der Waals surface area contributed by atoms with Crippen LogP contribution in [0.25, 0.3) is 0 Å². The van der Waals surface area contributed by atoms with Crippen LogP contribution in [0, 0.1) is 0 Å². The fraction of sp³-hybridized carbons (Fsp3) is 0.529. The molecule has 2 saturated heterocycles. The van der Waals surface area contributed by atoms with Crippen molar-refractivity contribution >= 4 is 29.2 Å². The normalized spacial score (nSPS) is 24.6. The van der Waals surface area contributed by atoms with Crippen LogP contribution in [0.4, 0.5) is 5.69 Å². The molecular weight excluding hydrogens is 342 g/mol. The van der Waals surface area contributed by atoms with E-state index in [-0.39, 0.29) is 6.10 Å². The Morgan fingerprint density at radius 2 is 1.84 bits per heavy atom. The van der Waals surface area contributed by atoms with Gasteiger partial charge in [-0.15, -0.1) is 0 Å². The summed E-state index contributed by atoms with van der Waals surface area (Å²) in [6.45, 7) is 3.84. The van der Waals surface area contributed by atoms with Gasteiger partial charge in [-0.2, -0.15) is 0 Å². The minimum Gasteiger partial charge on any atom is -0.370 e. The Morgan fingerprint density at radius 1 is 1.16 bits per heavy atom. The van der Waals surface area contributed by atoms with Gasteiger partial charge in [0.05, 0.1) is 12.6 Å². The highest BCUT2D eigenvalue weighted by Crippen LogP contribution is 2.21. The van der Waals surface area contributed by atoms with Gasteiger partial charge < -0.3 is 26.0 Å². The van der Waals surface area contributed by atoms with Crippen LogP contribution in [0.5, 0.6) is 0 Å². The van der Waals surface area contributed by atoms with E-state index < -0.39 is 12.0 Å². The summed E-state index contributed by atoms with van der Waals surface area (Å²) < 4.78 is 5.57. The summed E-state index contributed by atoms with van der Waals surface area (Å²) in [6, 6.07) is 7.87. The molecule has 0 aliphatic carbocycles. The van der Waals surface area contributed by atoms with Gasteiger partial charge in [-0.1, -0.05) is 11.6 Å². The predicted octanol–water partition coefficient (Wildman–Crippen LogP) is 0.810. The Morgan fingerprint density at radius 3 is 2.44 bits per heavy atom. The van der Waals surface area contributed by atoms with Crippen molar-refractivity contribution < 1.29 is 9.53 Å². The zero-order valence-corrected chi connectivity index (χ0v) is 14.9. The summed E-state index contributed by atoms with van der Waals surface area (Å²) in [5, 5.41) is 0.742. The molecule has 7 nitrogen and oxygen atoms in total. The molecule has 0 saturated carbocycles. The number of halogens is 1. The Hall–Kier alpha value is -1.99. The summed E-state index contributed by atoms with van der Waals surface area (Å²) in [6.07, 6.45) is 0.889. The maximum atomic E-state index is 11.1. The first kappa shape index (κ1) is 17.8. The number of aliphatic imine (C=N–C) groups is 1. The highest BCUT2D eigenvalue weighted by Gasteiger charge is 2.29. The van der Waals surface area contributed by atoms with Crippen molar-refractivity contribution in [1.82, 2.24) is 4.90 Å². The summed E-state index contributed by atoms with van der Waals surface area (Å²) in [4.78, 5) is 19.9. The minimum atomic E-state index is -0.482. The molecule has 1 aromatic carbocycles. The Bertz CT molecular complexity index is 628. The van der Waals surface area contributed by atoms with Crippen molar-refractivity contribution in [3.05, 3.63) is 29.3 Å². The second-order valence-electron chi connectivity index (χ2n) is 6.38. The number of nitrogens with two attached hydrogens (primary N) is 2. The number of primary amides is 1. The molecule has 4 N–H and O–H groups in total. The van der Waals surface area contributed by atoms with Gasteiger partial charge in [0.15, 0.2) is 5.96 Å². The number of carbonyl (C=O) groups excluding carboxylic acids is 1. The van der Waals surface area contributed by atoms with Crippen molar-refractivity contribution in [3.8, 4) is 0 Å². The van der Waals surface area contributed by atoms with Gasteiger partial charge in [0.25, 0.3) is 0 Å². The Labute approximate surface area is 152 Å². The number of hydrogen-bond donors (Lipinski definition) is 2. The highest BCUT2D eigenvalue weighted by molar-refractivity contribution is 6.30. The molecule has 2 aliphatic heterocycles. The predicted molar refractivity (Wildman–Crippen MR) is 98.8 cm³/mol. The number of carbonyl (C=O) groups is 1. The molecule has 0 spiro atoms. The van der Waals surface area contributed by atoms with E-state index in [1.807, 2.05) is 24.3 Å². The summed E-state index contributed by atoms with van der Waals surface area (Å²) >= 11 is 5.94. The number of ether oxygens (including phenoxy) is 1. The van der Waals surface area contributed by atoms with Gasteiger partial charge in [0, 0.05) is 36.9 Å². The van der Waals surface area contributed by atoms with Gasteiger partial charge >= 0.3 is 0 Å². The lowest BCUT2D eigenvalue weighted by molar-refractivity contribution is -0.128. The van der Waals surface area contributed by atoms with E-state index in [2.05, 4.69) is 14.8 Å². The number of amides is 1. The molecule has 3 rings (SSSR count). The van der Waals surface area contributed by atoms with Gasteiger partial charge in [-0.25, -0.2) is 0 Å². The molecule has 1 aromatic rings. The number of guanidine groups is 1. The number of hydrogen-bond acceptors (Lipinski definition) is 4. The lowest BCUT2D eigenvalue weighted by Gasteiger charge is -2.36. The van der Waals surface area contributed by atoms with Crippen molar-refractivity contribution in [1.29, 1.82) is 0 Å². The Balaban J connectivity index is 1.47. The smallest absolute Gasteiger partial charge is 0.246 e. The van der Waals surface area contributed by atoms with Crippen molar-refractivity contribution in [2.75, 3.05) is 37.6 Å². The monoisotopic (exact) mass is 365 g/mol. The van der Waals surface area contributed by atoms with Crippen LogP contribution in [0.3, 0.4) is 0 Å². The second-order valence-corrected chi connectivity index (χ2v) is 6.81. The molecule has 2 atom stereocenters. The van der Waals surface area contributed by atoms with Crippen LogP contribution in [-0.2, 0) is 9.53 Å². The summed E-state index contributed by atoms with van der Waals surface area (Å²) in [5.74, 6) is 0.125. The number of anilines is 1. The fourth-order valence-corrected chi connectivity index (χ4v) is 3.32. The van der Waals surface area contributed by atoms with E-state index in [9.17, 15) is 4.79 Å². The van der Waals surface area contributed by atoms with Crippen LogP contribution in [0.1, 0.15) is 12.8 Å². The van der Waals surface area contributed by atoms with Gasteiger partial charge in [-0.3, -0.25) is 9.79 Å². The molecule has 2 fully saturated rings. The first-order valence-electron chi connectivity index (χ1n) is 8.53. The first-order chi connectivity index (χ1) is 12.0. The molecule has 0 aromatic heterocycles. The maximum Gasteiger partial charge on any atom is 0.246 e. The summed E-state index contributed by atoms with van der Waals surface area (Å²) in [7, 11) is 0. The van der Waals surface area contributed by atoms with Crippen LogP contribution in [0.15, 0.2) is 29.3 Å². The van der Waals surface area contributed by atoms with Crippen molar-refractivity contribution in [2.24, 2.45) is 16.5 Å². The number of benzene rings is 1. The highest BCUT2D eigenvalue weighted by atomic mass is 35.5. The largest absolute Gasteiger partial charge is 0.370 e. The lowest BCUT2D eigenvalue weighted by atomic mass is 10.2. The van der Waals surface area contributed by atoms with Crippen LogP contribution < -0.4 is 16.4 Å². The van der Waals surface area contributed by atoms with Crippen LogP contribution in [-0.4, -0.2) is 61.7 Å². The van der Waals surface area contributed by atoms with E-state index >= 15 is 0 Å². The van der Waals surface area contributed by atoms with E-state index in [0.717, 1.165) is 43.3 Å². The quantitative estimate of drug-likeness (QED) is 0.608. The third-order valence-electron chi connectivity index (χ3n) is 4.68. The number of nitrogens with zero attached hydrogens (tertiary/aromatic N) is 3. The molecule has 8 heteroatoms.